The number of nitrogens with one attached hydrogen (secondary N) is 1. The summed E-state index contributed by atoms with van der Waals surface area (Å²) in [4.78, 5) is 9.59. The molecule has 7 nitrogen and oxygen atoms in total. The van der Waals surface area contributed by atoms with Crippen molar-refractivity contribution >= 4 is 5.96 Å². The molecular formula is C19H29N5O2. The van der Waals surface area contributed by atoms with Gasteiger partial charge in [0.15, 0.2) is 5.96 Å². The highest BCUT2D eigenvalue weighted by Crippen LogP contribution is 2.08. The summed E-state index contributed by atoms with van der Waals surface area (Å²) in [6.45, 7) is 9.86. The lowest BCUT2D eigenvalue weighted by Crippen LogP contribution is -2.53. The number of hydrogen-bond acceptors (Lipinski definition) is 5. The molecule has 1 fully saturated rings. The van der Waals surface area contributed by atoms with Gasteiger partial charge in [0, 0.05) is 57.8 Å². The summed E-state index contributed by atoms with van der Waals surface area (Å²) >= 11 is 0. The van der Waals surface area contributed by atoms with Crippen molar-refractivity contribution in [2.75, 3.05) is 32.7 Å². The Hall–Kier alpha value is -2.28. The van der Waals surface area contributed by atoms with E-state index < -0.39 is 0 Å². The Morgan fingerprint density at radius 3 is 2.77 bits per heavy atom. The maximum atomic E-state index is 5.40. The van der Waals surface area contributed by atoms with Crippen molar-refractivity contribution in [1.29, 1.82) is 0 Å². The standard InChI is InChI=1S/C19H29N5O2/c1-3-16(2)21-19(20-8-6-18-5-4-13-25-18)24-11-9-23(10-12-24)15-17-7-14-26-22-17/h4-5,7,13-14,16H,3,6,8-12,15H2,1-2H3,(H,20,21). The number of rotatable bonds is 7. The first-order chi connectivity index (χ1) is 12.7. The summed E-state index contributed by atoms with van der Waals surface area (Å²) in [5.41, 5.74) is 0.989. The van der Waals surface area contributed by atoms with Crippen molar-refractivity contribution in [3.63, 3.8) is 0 Å². The highest BCUT2D eigenvalue weighted by Gasteiger charge is 2.21. The molecule has 0 radical (unpaired) electrons. The molecule has 0 saturated carbocycles. The van der Waals surface area contributed by atoms with E-state index in [4.69, 9.17) is 13.9 Å². The average Bonchev–Trinajstić information content (AvgIpc) is 3.35. The van der Waals surface area contributed by atoms with E-state index in [1.165, 1.54) is 0 Å². The third kappa shape index (κ3) is 5.36. The van der Waals surface area contributed by atoms with Crippen molar-refractivity contribution < 1.29 is 8.94 Å². The molecule has 2 aromatic rings. The van der Waals surface area contributed by atoms with Crippen molar-refractivity contribution in [3.05, 3.63) is 42.2 Å². The number of piperazine rings is 1. The lowest BCUT2D eigenvalue weighted by Gasteiger charge is -2.37. The van der Waals surface area contributed by atoms with Crippen molar-refractivity contribution in [2.24, 2.45) is 4.99 Å². The molecule has 2 aromatic heterocycles. The normalized spacial score (nSPS) is 17.5. The summed E-state index contributed by atoms with van der Waals surface area (Å²) in [6.07, 6.45) is 5.24. The van der Waals surface area contributed by atoms with Crippen LogP contribution < -0.4 is 5.32 Å². The summed E-state index contributed by atoms with van der Waals surface area (Å²) in [6, 6.07) is 6.26. The minimum absolute atomic E-state index is 0.408. The average molecular weight is 359 g/mol. The molecule has 1 atom stereocenters. The molecular weight excluding hydrogens is 330 g/mol. The number of aliphatic imine (C=N–C) groups is 1. The van der Waals surface area contributed by atoms with Gasteiger partial charge in [-0.15, -0.1) is 0 Å². The van der Waals surface area contributed by atoms with E-state index in [-0.39, 0.29) is 0 Å². The Bertz CT molecular complexity index is 646. The zero-order chi connectivity index (χ0) is 18.2. The molecule has 1 saturated heterocycles. The molecule has 3 rings (SSSR count). The van der Waals surface area contributed by atoms with Gasteiger partial charge in [0.1, 0.15) is 12.0 Å². The van der Waals surface area contributed by atoms with Gasteiger partial charge in [-0.1, -0.05) is 12.1 Å². The SMILES string of the molecule is CCC(C)NC(=NCCc1ccco1)N1CCN(Cc2ccon2)CC1. The quantitative estimate of drug-likeness (QED) is 0.605. The van der Waals surface area contributed by atoms with E-state index in [2.05, 4.69) is 34.1 Å². The first-order valence-electron chi connectivity index (χ1n) is 9.44. The second-order valence-corrected chi connectivity index (χ2v) is 6.74. The fraction of sp³-hybridized carbons (Fsp3) is 0.579. The number of nitrogens with zero attached hydrogens (tertiary/aromatic N) is 4. The molecule has 7 heteroatoms. The molecule has 3 heterocycles. The lowest BCUT2D eigenvalue weighted by molar-refractivity contribution is 0.168. The summed E-state index contributed by atoms with van der Waals surface area (Å²) in [7, 11) is 0. The topological polar surface area (TPSA) is 70.0 Å². The van der Waals surface area contributed by atoms with Crippen molar-refractivity contribution in [3.8, 4) is 0 Å². The van der Waals surface area contributed by atoms with Gasteiger partial charge in [0.05, 0.1) is 12.0 Å². The van der Waals surface area contributed by atoms with E-state index >= 15 is 0 Å². The summed E-state index contributed by atoms with van der Waals surface area (Å²) < 4.78 is 10.3. The van der Waals surface area contributed by atoms with Crippen LogP contribution in [0, 0.1) is 0 Å². The minimum Gasteiger partial charge on any atom is -0.469 e. The molecule has 26 heavy (non-hydrogen) atoms. The van der Waals surface area contributed by atoms with Crippen LogP contribution in [0.15, 0.2) is 44.7 Å². The van der Waals surface area contributed by atoms with E-state index in [1.54, 1.807) is 12.5 Å². The summed E-state index contributed by atoms with van der Waals surface area (Å²) in [5.74, 6) is 1.99. The number of hydrogen-bond donors (Lipinski definition) is 1. The number of furan rings is 1. The lowest BCUT2D eigenvalue weighted by atomic mass is 10.2. The molecule has 142 valence electrons. The van der Waals surface area contributed by atoms with Crippen LogP contribution in [0.25, 0.3) is 0 Å². The molecule has 0 bridgehead atoms. The van der Waals surface area contributed by atoms with Gasteiger partial charge in [-0.05, 0) is 25.5 Å². The Balaban J connectivity index is 1.54. The summed E-state index contributed by atoms with van der Waals surface area (Å²) in [5, 5.41) is 7.58. The minimum atomic E-state index is 0.408. The first-order valence-corrected chi connectivity index (χ1v) is 9.44. The molecule has 1 N–H and O–H groups in total. The Morgan fingerprint density at radius 2 is 2.12 bits per heavy atom. The van der Waals surface area contributed by atoms with Crippen LogP contribution in [-0.4, -0.2) is 59.7 Å². The van der Waals surface area contributed by atoms with Crippen LogP contribution in [0.1, 0.15) is 31.7 Å². The van der Waals surface area contributed by atoms with Crippen LogP contribution in [0.4, 0.5) is 0 Å². The molecule has 1 unspecified atom stereocenters. The largest absolute Gasteiger partial charge is 0.469 e. The zero-order valence-corrected chi connectivity index (χ0v) is 15.7. The van der Waals surface area contributed by atoms with Crippen LogP contribution in [0.5, 0.6) is 0 Å². The van der Waals surface area contributed by atoms with Gasteiger partial charge >= 0.3 is 0 Å². The second kappa shape index (κ2) is 9.43. The molecule has 0 aromatic carbocycles. The smallest absolute Gasteiger partial charge is 0.194 e. The molecule has 0 spiro atoms. The highest BCUT2D eigenvalue weighted by atomic mass is 16.5. The van der Waals surface area contributed by atoms with E-state index in [9.17, 15) is 0 Å². The third-order valence-electron chi connectivity index (χ3n) is 4.74. The second-order valence-electron chi connectivity index (χ2n) is 6.74. The number of aromatic nitrogens is 1. The fourth-order valence-electron chi connectivity index (χ4n) is 2.95. The fourth-order valence-corrected chi connectivity index (χ4v) is 2.95. The van der Waals surface area contributed by atoms with Gasteiger partial charge in [-0.3, -0.25) is 9.89 Å². The molecule has 1 aliphatic rings. The van der Waals surface area contributed by atoms with Gasteiger partial charge in [0.2, 0.25) is 0 Å². The third-order valence-corrected chi connectivity index (χ3v) is 4.74. The van der Waals surface area contributed by atoms with Crippen molar-refractivity contribution in [1.82, 2.24) is 20.3 Å². The maximum absolute atomic E-state index is 5.40. The first kappa shape index (κ1) is 18.5. The van der Waals surface area contributed by atoms with E-state index in [0.717, 1.165) is 69.5 Å². The van der Waals surface area contributed by atoms with E-state index in [0.29, 0.717) is 6.04 Å². The van der Waals surface area contributed by atoms with Gasteiger partial charge in [-0.2, -0.15) is 0 Å². The van der Waals surface area contributed by atoms with Gasteiger partial charge < -0.3 is 19.2 Å². The van der Waals surface area contributed by atoms with Crippen LogP contribution in [0.2, 0.25) is 0 Å². The van der Waals surface area contributed by atoms with Crippen LogP contribution in [-0.2, 0) is 13.0 Å². The van der Waals surface area contributed by atoms with Crippen LogP contribution >= 0.6 is 0 Å². The van der Waals surface area contributed by atoms with E-state index in [1.807, 2.05) is 18.2 Å². The Morgan fingerprint density at radius 1 is 1.27 bits per heavy atom. The Kier molecular flexibility index (Phi) is 6.71. The highest BCUT2D eigenvalue weighted by molar-refractivity contribution is 5.80. The molecule has 0 amide bonds. The van der Waals surface area contributed by atoms with Gasteiger partial charge in [0.25, 0.3) is 0 Å². The van der Waals surface area contributed by atoms with Crippen molar-refractivity contribution in [2.45, 2.75) is 39.3 Å². The molecule has 1 aliphatic heterocycles. The zero-order valence-electron chi connectivity index (χ0n) is 15.7. The van der Waals surface area contributed by atoms with Crippen LogP contribution in [0.3, 0.4) is 0 Å². The van der Waals surface area contributed by atoms with Gasteiger partial charge in [-0.25, -0.2) is 0 Å². The Labute approximate surface area is 155 Å². The molecule has 0 aliphatic carbocycles. The predicted molar refractivity (Wildman–Crippen MR) is 101 cm³/mol. The number of guanidine groups is 1. The predicted octanol–water partition coefficient (Wildman–Crippen LogP) is 2.37. The monoisotopic (exact) mass is 359 g/mol. The maximum Gasteiger partial charge on any atom is 0.194 e.